The van der Waals surface area contributed by atoms with Crippen molar-refractivity contribution in [1.82, 2.24) is 5.32 Å². The van der Waals surface area contributed by atoms with Crippen molar-refractivity contribution in [3.63, 3.8) is 0 Å². The van der Waals surface area contributed by atoms with Crippen molar-refractivity contribution in [2.75, 3.05) is 0 Å². The van der Waals surface area contributed by atoms with Crippen LogP contribution in [-0.2, 0) is 9.53 Å². The van der Waals surface area contributed by atoms with Crippen LogP contribution in [0.1, 0.15) is 34.6 Å². The van der Waals surface area contributed by atoms with E-state index in [1.54, 1.807) is 42.5 Å². The SMILES string of the molecule is CC(C)[C@H]1OC(=NC(=O)c2ccccc2-c2ccccc2C(=O)O)NC1=O. The van der Waals surface area contributed by atoms with Crippen molar-refractivity contribution in [2.24, 2.45) is 10.9 Å². The van der Waals surface area contributed by atoms with Crippen LogP contribution >= 0.6 is 0 Å². The summed E-state index contributed by atoms with van der Waals surface area (Å²) < 4.78 is 5.41. The summed E-state index contributed by atoms with van der Waals surface area (Å²) in [7, 11) is 0. The van der Waals surface area contributed by atoms with Gasteiger partial charge in [0.1, 0.15) is 0 Å². The van der Waals surface area contributed by atoms with Crippen molar-refractivity contribution in [3.05, 3.63) is 59.7 Å². The minimum atomic E-state index is -1.09. The average Bonchev–Trinajstić information content (AvgIpc) is 3.02. The number of aliphatic imine (C=N–C) groups is 1. The number of nitrogens with zero attached hydrogens (tertiary/aromatic N) is 1. The highest BCUT2D eigenvalue weighted by Crippen LogP contribution is 2.28. The zero-order valence-corrected chi connectivity index (χ0v) is 14.8. The number of carbonyl (C=O) groups excluding carboxylic acids is 2. The summed E-state index contributed by atoms with van der Waals surface area (Å²) in [4.78, 5) is 39.9. The second-order valence-electron chi connectivity index (χ2n) is 6.39. The first-order chi connectivity index (χ1) is 12.9. The summed E-state index contributed by atoms with van der Waals surface area (Å²) in [6, 6.07) is 12.8. The van der Waals surface area contributed by atoms with Crippen LogP contribution in [0.3, 0.4) is 0 Å². The first-order valence-electron chi connectivity index (χ1n) is 8.40. The van der Waals surface area contributed by atoms with Gasteiger partial charge in [-0.25, -0.2) is 4.79 Å². The van der Waals surface area contributed by atoms with E-state index in [-0.39, 0.29) is 29.0 Å². The molecule has 1 saturated heterocycles. The third kappa shape index (κ3) is 3.72. The Morgan fingerprint density at radius 2 is 1.59 bits per heavy atom. The van der Waals surface area contributed by atoms with E-state index in [1.807, 2.05) is 13.8 Å². The third-order valence-corrected chi connectivity index (χ3v) is 4.14. The molecule has 0 aliphatic carbocycles. The van der Waals surface area contributed by atoms with Gasteiger partial charge in [-0.05, 0) is 29.2 Å². The largest absolute Gasteiger partial charge is 0.478 e. The van der Waals surface area contributed by atoms with Gasteiger partial charge in [-0.15, -0.1) is 0 Å². The van der Waals surface area contributed by atoms with Crippen LogP contribution in [0.4, 0.5) is 0 Å². The van der Waals surface area contributed by atoms with Crippen LogP contribution in [0.2, 0.25) is 0 Å². The van der Waals surface area contributed by atoms with E-state index in [0.29, 0.717) is 11.1 Å². The fourth-order valence-corrected chi connectivity index (χ4v) is 2.83. The molecule has 2 aromatic carbocycles. The molecule has 1 fully saturated rings. The Labute approximate surface area is 155 Å². The average molecular weight is 366 g/mol. The van der Waals surface area contributed by atoms with E-state index in [2.05, 4.69) is 10.3 Å². The quantitative estimate of drug-likeness (QED) is 0.866. The molecule has 3 rings (SSSR count). The first-order valence-corrected chi connectivity index (χ1v) is 8.40. The van der Waals surface area contributed by atoms with Gasteiger partial charge in [-0.1, -0.05) is 50.2 Å². The van der Waals surface area contributed by atoms with E-state index in [1.165, 1.54) is 6.07 Å². The maximum Gasteiger partial charge on any atom is 0.336 e. The van der Waals surface area contributed by atoms with Gasteiger partial charge in [0.25, 0.3) is 11.8 Å². The zero-order chi connectivity index (χ0) is 19.6. The molecule has 0 unspecified atom stereocenters. The topological polar surface area (TPSA) is 105 Å². The summed E-state index contributed by atoms with van der Waals surface area (Å²) in [6.45, 7) is 3.65. The number of carboxylic acids is 1. The molecule has 1 heterocycles. The molecule has 0 aromatic heterocycles. The highest BCUT2D eigenvalue weighted by molar-refractivity contribution is 6.11. The second kappa shape index (κ2) is 7.41. The molecule has 0 radical (unpaired) electrons. The highest BCUT2D eigenvalue weighted by Gasteiger charge is 2.34. The van der Waals surface area contributed by atoms with Gasteiger partial charge in [0, 0.05) is 5.56 Å². The Bertz CT molecular complexity index is 949. The minimum Gasteiger partial charge on any atom is -0.478 e. The number of rotatable bonds is 4. The molecule has 7 nitrogen and oxygen atoms in total. The predicted octanol–water partition coefficient (Wildman–Crippen LogP) is 2.72. The fraction of sp³-hybridized carbons (Fsp3) is 0.200. The number of amidine groups is 1. The highest BCUT2D eigenvalue weighted by atomic mass is 16.5. The van der Waals surface area contributed by atoms with Gasteiger partial charge in [0.15, 0.2) is 6.10 Å². The summed E-state index contributed by atoms with van der Waals surface area (Å²) in [5.74, 6) is -2.14. The summed E-state index contributed by atoms with van der Waals surface area (Å²) in [5.41, 5.74) is 1.14. The van der Waals surface area contributed by atoms with Crippen molar-refractivity contribution >= 4 is 23.8 Å². The van der Waals surface area contributed by atoms with Gasteiger partial charge >= 0.3 is 12.0 Å². The maximum atomic E-state index is 12.7. The molecule has 0 saturated carbocycles. The van der Waals surface area contributed by atoms with E-state index < -0.39 is 18.0 Å². The van der Waals surface area contributed by atoms with Gasteiger partial charge in [0.05, 0.1) is 5.56 Å². The van der Waals surface area contributed by atoms with Crippen LogP contribution in [0.25, 0.3) is 11.1 Å². The van der Waals surface area contributed by atoms with Gasteiger partial charge < -0.3 is 9.84 Å². The number of benzene rings is 2. The molecule has 1 aliphatic rings. The van der Waals surface area contributed by atoms with Crippen molar-refractivity contribution in [1.29, 1.82) is 0 Å². The zero-order valence-electron chi connectivity index (χ0n) is 14.8. The number of carbonyl (C=O) groups is 3. The lowest BCUT2D eigenvalue weighted by Gasteiger charge is -2.11. The number of carboxylic acid groups (broad SMARTS) is 1. The number of nitrogens with one attached hydrogen (secondary N) is 1. The van der Waals surface area contributed by atoms with Crippen LogP contribution in [0, 0.1) is 5.92 Å². The Kier molecular flexibility index (Phi) is 5.03. The Morgan fingerprint density at radius 1 is 1.04 bits per heavy atom. The maximum absolute atomic E-state index is 12.7. The number of ether oxygens (including phenoxy) is 1. The summed E-state index contributed by atoms with van der Waals surface area (Å²) >= 11 is 0. The standard InChI is InChI=1S/C20H18N2O5/c1-11(2)16-18(24)22-20(27-16)21-17(23)14-9-5-3-7-12(14)13-8-4-6-10-15(13)19(25)26/h3-11,16H,1-2H3,(H,25,26)(H,21,22,23,24)/t16-/m1/s1. The van der Waals surface area contributed by atoms with E-state index in [0.717, 1.165) is 0 Å². The van der Waals surface area contributed by atoms with Crippen LogP contribution in [0.15, 0.2) is 53.5 Å². The fourth-order valence-electron chi connectivity index (χ4n) is 2.83. The molecule has 0 bridgehead atoms. The number of hydrogen-bond donors (Lipinski definition) is 2. The van der Waals surface area contributed by atoms with Crippen LogP contribution in [0.5, 0.6) is 0 Å². The van der Waals surface area contributed by atoms with Crippen molar-refractivity contribution in [2.45, 2.75) is 20.0 Å². The molecule has 1 atom stereocenters. The van der Waals surface area contributed by atoms with Gasteiger partial charge in [-0.2, -0.15) is 4.99 Å². The first kappa shape index (κ1) is 18.3. The summed E-state index contributed by atoms with van der Waals surface area (Å²) in [5, 5.41) is 11.9. The third-order valence-electron chi connectivity index (χ3n) is 4.14. The molecule has 2 amide bonds. The summed E-state index contributed by atoms with van der Waals surface area (Å²) in [6.07, 6.45) is -0.695. The van der Waals surface area contributed by atoms with E-state index >= 15 is 0 Å². The Morgan fingerprint density at radius 3 is 2.15 bits per heavy atom. The monoisotopic (exact) mass is 366 g/mol. The lowest BCUT2D eigenvalue weighted by molar-refractivity contribution is -0.124. The molecular formula is C20H18N2O5. The molecule has 2 N–H and O–H groups in total. The predicted molar refractivity (Wildman–Crippen MR) is 98.5 cm³/mol. The van der Waals surface area contributed by atoms with Crippen molar-refractivity contribution < 1.29 is 24.2 Å². The van der Waals surface area contributed by atoms with Gasteiger partial charge in [-0.3, -0.25) is 14.9 Å². The van der Waals surface area contributed by atoms with Gasteiger partial charge in [0.2, 0.25) is 0 Å². The van der Waals surface area contributed by atoms with Crippen molar-refractivity contribution in [3.8, 4) is 11.1 Å². The lowest BCUT2D eigenvalue weighted by atomic mass is 9.95. The van der Waals surface area contributed by atoms with E-state index in [9.17, 15) is 19.5 Å². The minimum absolute atomic E-state index is 0.0671. The number of hydrogen-bond acceptors (Lipinski definition) is 4. The van der Waals surface area contributed by atoms with Crippen LogP contribution in [-0.4, -0.2) is 35.0 Å². The molecule has 27 heavy (non-hydrogen) atoms. The normalized spacial score (nSPS) is 17.7. The molecule has 2 aromatic rings. The number of aromatic carboxylic acids is 1. The molecular weight excluding hydrogens is 348 g/mol. The van der Waals surface area contributed by atoms with Crippen LogP contribution < -0.4 is 5.32 Å². The molecule has 7 heteroatoms. The van der Waals surface area contributed by atoms with E-state index in [4.69, 9.17) is 4.74 Å². The Hall–Kier alpha value is -3.48. The smallest absolute Gasteiger partial charge is 0.336 e. The molecule has 138 valence electrons. The number of amides is 2. The molecule has 1 aliphatic heterocycles. The Balaban J connectivity index is 1.98. The lowest BCUT2D eigenvalue weighted by Crippen LogP contribution is -2.28. The molecule has 0 spiro atoms. The second-order valence-corrected chi connectivity index (χ2v) is 6.39.